The number of benzene rings is 3. The van der Waals surface area contributed by atoms with Crippen molar-refractivity contribution in [3.05, 3.63) is 86.2 Å². The van der Waals surface area contributed by atoms with E-state index in [1.165, 1.54) is 54.6 Å². The van der Waals surface area contributed by atoms with Crippen LogP contribution in [-0.4, -0.2) is 64.8 Å². The van der Waals surface area contributed by atoms with Gasteiger partial charge in [0, 0.05) is 13.4 Å². The summed E-state index contributed by atoms with van der Waals surface area (Å²) >= 11 is 8.86. The van der Waals surface area contributed by atoms with Crippen LogP contribution in [-0.2, 0) is 30.4 Å². The molecule has 0 spiro atoms. The van der Waals surface area contributed by atoms with E-state index in [1.807, 2.05) is 0 Å². The van der Waals surface area contributed by atoms with Crippen molar-refractivity contribution < 1.29 is 38.9 Å². The summed E-state index contributed by atoms with van der Waals surface area (Å²) in [7, 11) is -13.0. The zero-order chi connectivity index (χ0) is 25.4. The van der Waals surface area contributed by atoms with Crippen LogP contribution in [0.4, 0.5) is 0 Å². The fourth-order valence-electron chi connectivity index (χ4n) is 1.94. The molecule has 9 nitrogen and oxygen atoms in total. The molecule has 0 bridgehead atoms. The maximum atomic E-state index is 10.5. The molecule has 0 radical (unpaired) electrons. The van der Waals surface area contributed by atoms with E-state index >= 15 is 0 Å². The van der Waals surface area contributed by atoms with Crippen molar-refractivity contribution in [2.75, 3.05) is 0 Å². The Hall–Kier alpha value is -0.300. The molecule has 0 amide bonds. The van der Waals surface area contributed by atoms with Gasteiger partial charge in [0.1, 0.15) is 30.4 Å². The van der Waals surface area contributed by atoms with E-state index < -0.39 is 30.4 Å². The second-order valence-electron chi connectivity index (χ2n) is 5.65. The average molecular weight is 823 g/mol. The molecule has 3 aromatic rings. The summed E-state index contributed by atoms with van der Waals surface area (Å²) in [6.07, 6.45) is 0. The Labute approximate surface area is 241 Å². The molecule has 0 unspecified atom stereocenters. The molecule has 3 rings (SSSR count). The van der Waals surface area contributed by atoms with E-state index in [0.29, 0.717) is 13.4 Å². The summed E-state index contributed by atoms with van der Waals surface area (Å²) in [5.74, 6) is 0. The second kappa shape index (κ2) is 14.4. The third kappa shape index (κ3) is 11.6. The molecule has 34 heavy (non-hydrogen) atoms. The fraction of sp³-hybridized carbons (Fsp3) is 0. The second-order valence-corrected chi connectivity index (χ2v) is 12.3. The molecule has 0 aromatic heterocycles. The van der Waals surface area contributed by atoms with Gasteiger partial charge in [-0.3, -0.25) is 0 Å². The van der Waals surface area contributed by atoms with Crippen molar-refractivity contribution in [2.45, 2.75) is 14.7 Å². The van der Waals surface area contributed by atoms with Gasteiger partial charge in [-0.05, 0) is 84.2 Å². The van der Waals surface area contributed by atoms with Crippen molar-refractivity contribution in [3.63, 3.8) is 0 Å². The summed E-state index contributed by atoms with van der Waals surface area (Å²) < 4.78 is 95.1. The monoisotopic (exact) mass is 820 g/mol. The smallest absolute Gasteiger partial charge is 0.744 e. The first kappa shape index (κ1) is 33.7. The normalized spacial score (nSPS) is 11.1. The predicted molar refractivity (Wildman–Crippen MR) is 132 cm³/mol. The van der Waals surface area contributed by atoms with E-state index in [4.69, 9.17) is 0 Å². The molecular weight excluding hydrogens is 811 g/mol. The van der Waals surface area contributed by atoms with E-state index in [0.717, 1.165) is 0 Å². The van der Waals surface area contributed by atoms with Crippen LogP contribution in [0, 0.1) is 0 Å². The van der Waals surface area contributed by atoms with Gasteiger partial charge in [-0.1, -0.05) is 36.4 Å². The Balaban J connectivity index is 0.000000473. The van der Waals surface area contributed by atoms with Crippen molar-refractivity contribution in [1.29, 1.82) is 0 Å². The van der Waals surface area contributed by atoms with Crippen LogP contribution in [0.3, 0.4) is 0 Å². The van der Waals surface area contributed by atoms with Crippen LogP contribution >= 0.6 is 47.8 Å². The minimum Gasteiger partial charge on any atom is -0.744 e. The summed E-state index contributed by atoms with van der Waals surface area (Å²) in [4.78, 5) is -0.667. The van der Waals surface area contributed by atoms with Crippen molar-refractivity contribution in [2.24, 2.45) is 0 Å². The van der Waals surface area contributed by atoms with Crippen LogP contribution in [0.25, 0.3) is 0 Å². The van der Waals surface area contributed by atoms with E-state index in [-0.39, 0.29) is 40.5 Å². The first-order valence-corrected chi connectivity index (χ1v) is 14.8. The summed E-state index contributed by atoms with van der Waals surface area (Å²) in [5.41, 5.74) is 0. The molecule has 0 aliphatic rings. The molecule has 3 aromatic carbocycles. The molecule has 0 heterocycles. The van der Waals surface area contributed by atoms with Gasteiger partial charge >= 0.3 is 25.8 Å². The average Bonchev–Trinajstić information content (AvgIpc) is 2.67. The number of hydrogen-bond acceptors (Lipinski definition) is 9. The van der Waals surface area contributed by atoms with Crippen molar-refractivity contribution in [3.8, 4) is 0 Å². The van der Waals surface area contributed by atoms with Crippen molar-refractivity contribution in [1.82, 2.24) is 0 Å². The van der Waals surface area contributed by atoms with Gasteiger partial charge in [-0.25, -0.2) is 25.3 Å². The Bertz CT molecular complexity index is 1250. The maximum absolute atomic E-state index is 10.5. The van der Waals surface area contributed by atoms with Crippen molar-refractivity contribution >= 4 is 104 Å². The van der Waals surface area contributed by atoms with Crippen LogP contribution in [0.15, 0.2) is 101 Å². The topological polar surface area (TPSA) is 172 Å². The molecule has 180 valence electrons. The fourth-order valence-corrected chi connectivity index (χ4v) is 6.24. The van der Waals surface area contributed by atoms with Gasteiger partial charge in [-0.15, -0.1) is 0 Å². The van der Waals surface area contributed by atoms with E-state index in [1.54, 1.807) is 18.2 Å². The predicted octanol–water partition coefficient (Wildman–Crippen LogP) is 3.68. The third-order valence-electron chi connectivity index (χ3n) is 3.32. The zero-order valence-electron chi connectivity index (χ0n) is 16.5. The van der Waals surface area contributed by atoms with Gasteiger partial charge in [0.25, 0.3) is 0 Å². The van der Waals surface area contributed by atoms with Gasteiger partial charge in [0.05, 0.1) is 14.7 Å². The SMILES string of the molecule is O=S(=O)([O-])c1ccccc1Br.O=S(=O)([O-])c1ccccc1Br.O=S(=O)([O-])c1ccccc1Br.[In+3]. The third-order valence-corrected chi connectivity index (χ3v) is 8.86. The van der Waals surface area contributed by atoms with Gasteiger partial charge in [-0.2, -0.15) is 0 Å². The Morgan fingerprint density at radius 3 is 0.735 bits per heavy atom. The molecule has 0 aliphatic heterocycles. The Kier molecular flexibility index (Phi) is 14.3. The Morgan fingerprint density at radius 2 is 0.618 bits per heavy atom. The van der Waals surface area contributed by atoms with Gasteiger partial charge in [0.2, 0.25) is 0 Å². The number of rotatable bonds is 3. The Morgan fingerprint density at radius 1 is 0.441 bits per heavy atom. The molecule has 16 heteroatoms. The molecule has 0 atom stereocenters. The molecule has 0 N–H and O–H groups in total. The van der Waals surface area contributed by atoms with Crippen LogP contribution in [0.1, 0.15) is 0 Å². The largest absolute Gasteiger partial charge is 3.00 e. The maximum Gasteiger partial charge on any atom is 3.00 e. The summed E-state index contributed by atoms with van der Waals surface area (Å²) in [6.45, 7) is 0. The molecule has 0 fully saturated rings. The zero-order valence-corrected chi connectivity index (χ0v) is 27.0. The first-order valence-electron chi connectivity index (χ1n) is 8.16. The number of halogens is 3. The molecule has 0 saturated heterocycles. The summed E-state index contributed by atoms with van der Waals surface area (Å²) in [6, 6.07) is 17.7. The van der Waals surface area contributed by atoms with Gasteiger partial charge < -0.3 is 13.7 Å². The van der Waals surface area contributed by atoms with Crippen LogP contribution in [0.2, 0.25) is 0 Å². The standard InChI is InChI=1S/3C6H5BrO3S.In/c3*7-5-3-1-2-4-6(5)11(8,9)10;/h3*1-4H,(H,8,9,10);/q;;;+3/p-3. The quantitative estimate of drug-likeness (QED) is 0.358. The molecule has 0 aliphatic carbocycles. The number of hydrogen-bond donors (Lipinski definition) is 0. The first-order chi connectivity index (χ1) is 15.0. The van der Waals surface area contributed by atoms with E-state index in [2.05, 4.69) is 47.8 Å². The molecular formula is C18H12Br3InO9S3. The molecule has 0 saturated carbocycles. The summed E-state index contributed by atoms with van der Waals surface area (Å²) in [5, 5.41) is 0. The van der Waals surface area contributed by atoms with Crippen LogP contribution < -0.4 is 0 Å². The minimum atomic E-state index is -4.33. The minimum absolute atomic E-state index is 0. The van der Waals surface area contributed by atoms with Gasteiger partial charge in [0.15, 0.2) is 0 Å². The van der Waals surface area contributed by atoms with E-state index in [9.17, 15) is 38.9 Å². The van der Waals surface area contributed by atoms with Crippen LogP contribution in [0.5, 0.6) is 0 Å².